The normalized spacial score (nSPS) is 12.3. The highest BCUT2D eigenvalue weighted by Crippen LogP contribution is 2.35. The molecule has 27 heavy (non-hydrogen) atoms. The molecule has 1 nitrogen and oxygen atoms in total. The Hall–Kier alpha value is -2.90. The Morgan fingerprint density at radius 2 is 0.889 bits per heavy atom. The van der Waals surface area contributed by atoms with Crippen LogP contribution in [0.5, 0.6) is 0 Å². The van der Waals surface area contributed by atoms with E-state index in [0.29, 0.717) is 0 Å². The zero-order chi connectivity index (χ0) is 19.8. The molecule has 8 heteroatoms. The number of hydrogen-bond donors (Lipinski definition) is 0. The first-order valence-electron chi connectivity index (χ1n) is 7.56. The van der Waals surface area contributed by atoms with Crippen LogP contribution in [0.2, 0.25) is 0 Å². The van der Waals surface area contributed by atoms with Gasteiger partial charge in [-0.1, -0.05) is 24.3 Å². The Labute approximate surface area is 149 Å². The van der Waals surface area contributed by atoms with E-state index in [2.05, 4.69) is 4.98 Å². The number of hydrogen-bond acceptors (Lipinski definition) is 1. The van der Waals surface area contributed by atoms with Crippen LogP contribution in [-0.4, -0.2) is 4.98 Å². The van der Waals surface area contributed by atoms with Gasteiger partial charge >= 0.3 is 12.4 Å². The molecule has 0 amide bonds. The molecule has 0 atom stereocenters. The van der Waals surface area contributed by atoms with Gasteiger partial charge in [0.15, 0.2) is 0 Å². The fraction of sp³-hybridized carbons (Fsp3) is 0.105. The lowest BCUT2D eigenvalue weighted by molar-refractivity contribution is -0.138. The van der Waals surface area contributed by atoms with Crippen molar-refractivity contribution >= 4 is 0 Å². The van der Waals surface area contributed by atoms with Gasteiger partial charge in [-0.2, -0.15) is 26.3 Å². The van der Waals surface area contributed by atoms with Crippen molar-refractivity contribution in [2.24, 2.45) is 0 Å². The number of rotatable bonds is 2. The van der Waals surface area contributed by atoms with Crippen molar-refractivity contribution < 1.29 is 30.7 Å². The van der Waals surface area contributed by atoms with Gasteiger partial charge in [-0.25, -0.2) is 4.39 Å². The molecule has 0 radical (unpaired) electrons. The molecular formula is C19H10F7N. The van der Waals surface area contributed by atoms with Crippen LogP contribution >= 0.6 is 0 Å². The summed E-state index contributed by atoms with van der Waals surface area (Å²) in [4.78, 5) is 3.86. The van der Waals surface area contributed by atoms with Crippen LogP contribution in [0.1, 0.15) is 11.1 Å². The largest absolute Gasteiger partial charge is 0.416 e. The average Bonchev–Trinajstić information content (AvgIpc) is 2.61. The summed E-state index contributed by atoms with van der Waals surface area (Å²) in [5.41, 5.74) is -1.53. The summed E-state index contributed by atoms with van der Waals surface area (Å²) in [6.07, 6.45) is -6.74. The van der Waals surface area contributed by atoms with Gasteiger partial charge in [0.25, 0.3) is 0 Å². The van der Waals surface area contributed by atoms with E-state index in [1.54, 1.807) is 0 Å². The molecule has 0 aliphatic rings. The van der Waals surface area contributed by atoms with E-state index in [0.717, 1.165) is 60.9 Å². The number of alkyl halides is 6. The summed E-state index contributed by atoms with van der Waals surface area (Å²) >= 11 is 0. The summed E-state index contributed by atoms with van der Waals surface area (Å²) in [6.45, 7) is 0. The fourth-order valence-corrected chi connectivity index (χ4v) is 2.52. The van der Waals surface area contributed by atoms with Gasteiger partial charge in [-0.3, -0.25) is 4.98 Å². The lowest BCUT2D eigenvalue weighted by Crippen LogP contribution is -2.04. The highest BCUT2D eigenvalue weighted by atomic mass is 19.4. The molecule has 0 bridgehead atoms. The SMILES string of the molecule is Fc1c(-c2ccc(C(F)(F)F)cc2)cncc1-c1ccc(C(F)(F)F)cc1. The maximum Gasteiger partial charge on any atom is 0.416 e. The van der Waals surface area contributed by atoms with Crippen LogP contribution in [0.4, 0.5) is 30.7 Å². The summed E-state index contributed by atoms with van der Waals surface area (Å²) in [5.74, 6) is -0.787. The molecule has 1 aromatic heterocycles. The van der Waals surface area contributed by atoms with E-state index in [9.17, 15) is 30.7 Å². The third-order valence-electron chi connectivity index (χ3n) is 3.93. The summed E-state index contributed by atoms with van der Waals surface area (Å²) in [6, 6.07) is 7.72. The number of halogens is 7. The lowest BCUT2D eigenvalue weighted by Gasteiger charge is -2.11. The maximum atomic E-state index is 14.8. The zero-order valence-corrected chi connectivity index (χ0v) is 13.4. The van der Waals surface area contributed by atoms with Gasteiger partial charge in [0, 0.05) is 23.5 Å². The minimum Gasteiger partial charge on any atom is -0.263 e. The van der Waals surface area contributed by atoms with Gasteiger partial charge in [0.2, 0.25) is 0 Å². The Kier molecular flexibility index (Phi) is 4.67. The van der Waals surface area contributed by atoms with Crippen LogP contribution < -0.4 is 0 Å². The molecule has 0 aliphatic carbocycles. The third-order valence-corrected chi connectivity index (χ3v) is 3.93. The molecule has 3 aromatic rings. The minimum atomic E-state index is -4.52. The van der Waals surface area contributed by atoms with E-state index >= 15 is 0 Å². The summed E-state index contributed by atoms with van der Waals surface area (Å²) in [5, 5.41) is 0. The average molecular weight is 385 g/mol. The quantitative estimate of drug-likeness (QED) is 0.454. The molecule has 0 fully saturated rings. The monoisotopic (exact) mass is 385 g/mol. The molecule has 0 saturated carbocycles. The fourth-order valence-electron chi connectivity index (χ4n) is 2.52. The highest BCUT2D eigenvalue weighted by molar-refractivity contribution is 5.73. The van der Waals surface area contributed by atoms with Gasteiger partial charge in [0.1, 0.15) is 5.82 Å². The smallest absolute Gasteiger partial charge is 0.263 e. The molecule has 2 aromatic carbocycles. The molecule has 3 rings (SSSR count). The van der Waals surface area contributed by atoms with Crippen molar-refractivity contribution in [2.45, 2.75) is 12.4 Å². The Morgan fingerprint density at radius 1 is 0.556 bits per heavy atom. The van der Waals surface area contributed by atoms with Crippen molar-refractivity contribution in [1.29, 1.82) is 0 Å². The first-order chi connectivity index (χ1) is 12.6. The number of aromatic nitrogens is 1. The first-order valence-corrected chi connectivity index (χ1v) is 7.56. The molecule has 1 heterocycles. The Bertz CT molecular complexity index is 864. The molecular weight excluding hydrogens is 375 g/mol. The molecule has 0 saturated heterocycles. The van der Waals surface area contributed by atoms with Crippen molar-refractivity contribution in [2.75, 3.05) is 0 Å². The van der Waals surface area contributed by atoms with Crippen LogP contribution in [0.3, 0.4) is 0 Å². The van der Waals surface area contributed by atoms with Crippen LogP contribution in [-0.2, 0) is 12.4 Å². The summed E-state index contributed by atoms with van der Waals surface area (Å²) < 4.78 is 90.6. The van der Waals surface area contributed by atoms with Gasteiger partial charge in [-0.05, 0) is 35.4 Å². The Morgan fingerprint density at radius 3 is 1.19 bits per heavy atom. The zero-order valence-electron chi connectivity index (χ0n) is 13.4. The number of pyridine rings is 1. The molecule has 140 valence electrons. The minimum absolute atomic E-state index is 0.0545. The predicted molar refractivity (Wildman–Crippen MR) is 85.1 cm³/mol. The second-order valence-corrected chi connectivity index (χ2v) is 5.70. The van der Waals surface area contributed by atoms with Crippen molar-refractivity contribution in [3.8, 4) is 22.3 Å². The maximum absolute atomic E-state index is 14.8. The van der Waals surface area contributed by atoms with Crippen LogP contribution in [0.15, 0.2) is 60.9 Å². The van der Waals surface area contributed by atoms with E-state index < -0.39 is 29.3 Å². The molecule has 0 aliphatic heterocycles. The van der Waals surface area contributed by atoms with E-state index in [-0.39, 0.29) is 22.3 Å². The van der Waals surface area contributed by atoms with Crippen LogP contribution in [0.25, 0.3) is 22.3 Å². The van der Waals surface area contributed by atoms with E-state index in [1.165, 1.54) is 0 Å². The van der Waals surface area contributed by atoms with E-state index in [4.69, 9.17) is 0 Å². The number of nitrogens with zero attached hydrogens (tertiary/aromatic N) is 1. The van der Waals surface area contributed by atoms with Gasteiger partial charge in [0.05, 0.1) is 11.1 Å². The van der Waals surface area contributed by atoms with Crippen molar-refractivity contribution in [3.05, 3.63) is 77.9 Å². The molecule has 0 N–H and O–H groups in total. The Balaban J connectivity index is 1.99. The second kappa shape index (κ2) is 6.68. The van der Waals surface area contributed by atoms with Crippen LogP contribution in [0, 0.1) is 5.82 Å². The molecule has 0 unspecified atom stereocenters. The second-order valence-electron chi connectivity index (χ2n) is 5.70. The van der Waals surface area contributed by atoms with Crippen molar-refractivity contribution in [3.63, 3.8) is 0 Å². The lowest BCUT2D eigenvalue weighted by atomic mass is 9.99. The van der Waals surface area contributed by atoms with Gasteiger partial charge in [-0.15, -0.1) is 0 Å². The highest BCUT2D eigenvalue weighted by Gasteiger charge is 2.31. The van der Waals surface area contributed by atoms with Crippen molar-refractivity contribution in [1.82, 2.24) is 4.98 Å². The summed E-state index contributed by atoms with van der Waals surface area (Å²) in [7, 11) is 0. The topological polar surface area (TPSA) is 12.9 Å². The standard InChI is InChI=1S/C19H10F7N/c20-17-15(11-1-5-13(6-2-11)18(21,22)23)9-27-10-16(17)12-3-7-14(8-4-12)19(24,25)26/h1-10H. The first kappa shape index (κ1) is 18.9. The number of benzene rings is 2. The van der Waals surface area contributed by atoms with Gasteiger partial charge < -0.3 is 0 Å². The molecule has 0 spiro atoms. The third kappa shape index (κ3) is 3.94. The van der Waals surface area contributed by atoms with E-state index in [1.807, 2.05) is 0 Å². The predicted octanol–water partition coefficient (Wildman–Crippen LogP) is 6.59.